The van der Waals surface area contributed by atoms with Gasteiger partial charge in [0.05, 0.1) is 15.5 Å². The number of aromatic nitrogens is 2. The highest BCUT2D eigenvalue weighted by Crippen LogP contribution is 2.46. The molecule has 1 aliphatic carbocycles. The summed E-state index contributed by atoms with van der Waals surface area (Å²) in [5.74, 6) is 0.614. The van der Waals surface area contributed by atoms with Crippen LogP contribution in [-0.2, 0) is 5.41 Å². The summed E-state index contributed by atoms with van der Waals surface area (Å²) in [5.41, 5.74) is 7.27. The van der Waals surface area contributed by atoms with E-state index in [1.54, 1.807) is 6.07 Å². The lowest BCUT2D eigenvalue weighted by Gasteiger charge is -2.06. The second-order valence-electron chi connectivity index (χ2n) is 4.35. The molecule has 0 aliphatic heterocycles. The minimum absolute atomic E-state index is 0.0158. The highest BCUT2D eigenvalue weighted by molar-refractivity contribution is 9.10. The maximum atomic E-state index is 13.3. The molecule has 3 rings (SSSR count). The first-order chi connectivity index (χ1) is 7.64. The Morgan fingerprint density at radius 2 is 2.25 bits per heavy atom. The quantitative estimate of drug-likeness (QED) is 0.890. The van der Waals surface area contributed by atoms with E-state index in [0.29, 0.717) is 11.0 Å². The SMILES string of the molecule is NCC1(c2nc3cc(Br)c(F)cc3[nH]2)CC1. The number of fused-ring (bicyclic) bond motifs is 1. The Bertz CT molecular complexity index is 521. The number of nitrogens with two attached hydrogens (primary N) is 1. The van der Waals surface area contributed by atoms with E-state index < -0.39 is 0 Å². The highest BCUT2D eigenvalue weighted by atomic mass is 79.9. The van der Waals surface area contributed by atoms with Gasteiger partial charge in [-0.3, -0.25) is 0 Å². The molecule has 5 heteroatoms. The molecule has 0 amide bonds. The van der Waals surface area contributed by atoms with Gasteiger partial charge in [0.25, 0.3) is 0 Å². The van der Waals surface area contributed by atoms with Gasteiger partial charge in [-0.2, -0.15) is 0 Å². The molecule has 0 radical (unpaired) electrons. The molecule has 0 atom stereocenters. The molecule has 3 nitrogen and oxygen atoms in total. The second kappa shape index (κ2) is 3.28. The van der Waals surface area contributed by atoms with Gasteiger partial charge in [0.2, 0.25) is 0 Å². The smallest absolute Gasteiger partial charge is 0.139 e. The van der Waals surface area contributed by atoms with Crippen LogP contribution in [-0.4, -0.2) is 16.5 Å². The van der Waals surface area contributed by atoms with Gasteiger partial charge in [0.15, 0.2) is 0 Å². The summed E-state index contributed by atoms with van der Waals surface area (Å²) in [6.07, 6.45) is 2.12. The van der Waals surface area contributed by atoms with Crippen LogP contribution in [0.25, 0.3) is 11.0 Å². The summed E-state index contributed by atoms with van der Waals surface area (Å²) in [5, 5.41) is 0. The van der Waals surface area contributed by atoms with Gasteiger partial charge in [0.1, 0.15) is 11.6 Å². The van der Waals surface area contributed by atoms with Crippen LogP contribution in [0.4, 0.5) is 4.39 Å². The lowest BCUT2D eigenvalue weighted by molar-refractivity contribution is 0.622. The Labute approximate surface area is 100 Å². The summed E-state index contributed by atoms with van der Waals surface area (Å²) in [4.78, 5) is 7.65. The molecule has 0 saturated heterocycles. The number of nitrogens with one attached hydrogen (secondary N) is 1. The largest absolute Gasteiger partial charge is 0.341 e. The summed E-state index contributed by atoms with van der Waals surface area (Å²) in [6.45, 7) is 0.594. The van der Waals surface area contributed by atoms with E-state index in [0.717, 1.165) is 29.7 Å². The predicted molar refractivity (Wildman–Crippen MR) is 63.7 cm³/mol. The molecule has 1 aromatic heterocycles. The fourth-order valence-electron chi connectivity index (χ4n) is 1.94. The van der Waals surface area contributed by atoms with Crippen molar-refractivity contribution in [1.82, 2.24) is 9.97 Å². The standard InChI is InChI=1S/C11H11BrFN3/c12-6-3-8-9(4-7(6)13)16-10(15-8)11(5-14)1-2-11/h3-4H,1-2,5,14H2,(H,15,16). The van der Waals surface area contributed by atoms with E-state index in [-0.39, 0.29) is 11.2 Å². The van der Waals surface area contributed by atoms with Gasteiger partial charge in [-0.15, -0.1) is 0 Å². The number of aromatic amines is 1. The third-order valence-electron chi connectivity index (χ3n) is 3.27. The van der Waals surface area contributed by atoms with Crippen LogP contribution in [0.15, 0.2) is 16.6 Å². The Hall–Kier alpha value is -0.940. The third-order valence-corrected chi connectivity index (χ3v) is 3.88. The summed E-state index contributed by atoms with van der Waals surface area (Å²) < 4.78 is 13.8. The van der Waals surface area contributed by atoms with Crippen molar-refractivity contribution in [3.05, 3.63) is 28.2 Å². The normalized spacial score (nSPS) is 17.9. The first-order valence-electron chi connectivity index (χ1n) is 5.20. The van der Waals surface area contributed by atoms with Crippen LogP contribution in [0.3, 0.4) is 0 Å². The molecular weight excluding hydrogens is 273 g/mol. The molecule has 0 spiro atoms. The van der Waals surface area contributed by atoms with Crippen LogP contribution in [0.5, 0.6) is 0 Å². The molecule has 0 bridgehead atoms. The number of nitrogens with zero attached hydrogens (tertiary/aromatic N) is 1. The number of H-pyrrole nitrogens is 1. The Morgan fingerprint density at radius 3 is 2.88 bits per heavy atom. The average Bonchev–Trinajstić information content (AvgIpc) is 2.96. The van der Waals surface area contributed by atoms with Crippen molar-refractivity contribution in [2.24, 2.45) is 5.73 Å². The maximum absolute atomic E-state index is 13.3. The zero-order chi connectivity index (χ0) is 11.3. The van der Waals surface area contributed by atoms with Gasteiger partial charge in [-0.05, 0) is 34.8 Å². The lowest BCUT2D eigenvalue weighted by Crippen LogP contribution is -2.20. The Balaban J connectivity index is 2.16. The monoisotopic (exact) mass is 283 g/mol. The fourth-order valence-corrected chi connectivity index (χ4v) is 2.28. The van der Waals surface area contributed by atoms with Crippen molar-refractivity contribution in [1.29, 1.82) is 0 Å². The minimum atomic E-state index is -0.278. The molecule has 0 unspecified atom stereocenters. The van der Waals surface area contributed by atoms with E-state index in [9.17, 15) is 4.39 Å². The van der Waals surface area contributed by atoms with E-state index >= 15 is 0 Å². The molecule has 84 valence electrons. The topological polar surface area (TPSA) is 54.7 Å². The fraction of sp³-hybridized carbons (Fsp3) is 0.364. The van der Waals surface area contributed by atoms with Crippen molar-refractivity contribution in [2.75, 3.05) is 6.54 Å². The molecule has 1 aromatic carbocycles. The molecule has 3 N–H and O–H groups in total. The van der Waals surface area contributed by atoms with Crippen molar-refractivity contribution in [3.63, 3.8) is 0 Å². The van der Waals surface area contributed by atoms with E-state index in [2.05, 4.69) is 25.9 Å². The first-order valence-corrected chi connectivity index (χ1v) is 5.99. The first kappa shape index (κ1) is 10.2. The van der Waals surface area contributed by atoms with Gasteiger partial charge >= 0.3 is 0 Å². The van der Waals surface area contributed by atoms with Crippen molar-refractivity contribution in [2.45, 2.75) is 18.3 Å². The van der Waals surface area contributed by atoms with Crippen molar-refractivity contribution < 1.29 is 4.39 Å². The van der Waals surface area contributed by atoms with Crippen LogP contribution in [0.1, 0.15) is 18.7 Å². The molecule has 1 heterocycles. The highest BCUT2D eigenvalue weighted by Gasteiger charge is 2.45. The molecule has 1 fully saturated rings. The summed E-state index contributed by atoms with van der Waals surface area (Å²) >= 11 is 3.16. The maximum Gasteiger partial charge on any atom is 0.139 e. The van der Waals surface area contributed by atoms with Crippen molar-refractivity contribution >= 4 is 27.0 Å². The molecule has 1 aliphatic rings. The van der Waals surface area contributed by atoms with E-state index in [1.165, 1.54) is 6.07 Å². The van der Waals surface area contributed by atoms with Crippen LogP contribution in [0.2, 0.25) is 0 Å². The van der Waals surface area contributed by atoms with Crippen molar-refractivity contribution in [3.8, 4) is 0 Å². The summed E-state index contributed by atoms with van der Waals surface area (Å²) in [7, 11) is 0. The molecular formula is C11H11BrFN3. The molecule has 2 aromatic rings. The van der Waals surface area contributed by atoms with Gasteiger partial charge in [-0.25, -0.2) is 9.37 Å². The average molecular weight is 284 g/mol. The number of hydrogen-bond donors (Lipinski definition) is 2. The third kappa shape index (κ3) is 1.38. The Morgan fingerprint density at radius 1 is 1.50 bits per heavy atom. The second-order valence-corrected chi connectivity index (χ2v) is 5.21. The zero-order valence-electron chi connectivity index (χ0n) is 8.56. The molecule has 16 heavy (non-hydrogen) atoms. The Kier molecular flexibility index (Phi) is 2.09. The lowest BCUT2D eigenvalue weighted by atomic mass is 10.1. The minimum Gasteiger partial charge on any atom is -0.341 e. The van der Waals surface area contributed by atoms with E-state index in [4.69, 9.17) is 5.73 Å². The van der Waals surface area contributed by atoms with E-state index in [1.807, 2.05) is 0 Å². The van der Waals surface area contributed by atoms with Gasteiger partial charge in [0, 0.05) is 18.0 Å². The number of benzene rings is 1. The molecule has 1 saturated carbocycles. The van der Waals surface area contributed by atoms with Gasteiger partial charge in [-0.1, -0.05) is 0 Å². The number of halogens is 2. The number of imidazole rings is 1. The summed E-state index contributed by atoms with van der Waals surface area (Å²) in [6, 6.07) is 3.15. The van der Waals surface area contributed by atoms with Gasteiger partial charge < -0.3 is 10.7 Å². The van der Waals surface area contributed by atoms with Crippen LogP contribution < -0.4 is 5.73 Å². The number of hydrogen-bond acceptors (Lipinski definition) is 2. The zero-order valence-corrected chi connectivity index (χ0v) is 10.1. The van der Waals surface area contributed by atoms with Crippen LogP contribution >= 0.6 is 15.9 Å². The van der Waals surface area contributed by atoms with Crippen LogP contribution in [0, 0.1) is 5.82 Å². The number of rotatable bonds is 2. The predicted octanol–water partition coefficient (Wildman–Crippen LogP) is 2.45.